The van der Waals surface area contributed by atoms with Gasteiger partial charge in [-0.25, -0.2) is 9.37 Å². The maximum absolute atomic E-state index is 13.5. The highest BCUT2D eigenvalue weighted by molar-refractivity contribution is 5.92. The van der Waals surface area contributed by atoms with E-state index in [2.05, 4.69) is 10.3 Å². The van der Waals surface area contributed by atoms with Crippen LogP contribution in [0.4, 0.5) is 4.39 Å². The highest BCUT2D eigenvalue weighted by atomic mass is 19.1. The number of fused-ring (bicyclic) bond motifs is 2. The molecule has 7 heteroatoms. The van der Waals surface area contributed by atoms with Crippen molar-refractivity contribution in [1.82, 2.24) is 14.7 Å². The largest absolute Gasteiger partial charge is 0.454 e. The van der Waals surface area contributed by atoms with Crippen molar-refractivity contribution in [2.75, 3.05) is 6.79 Å². The highest BCUT2D eigenvalue weighted by Gasteiger charge is 2.15. The van der Waals surface area contributed by atoms with Gasteiger partial charge in [-0.15, -0.1) is 0 Å². The summed E-state index contributed by atoms with van der Waals surface area (Å²) in [6.45, 7) is 2.30. The van der Waals surface area contributed by atoms with Gasteiger partial charge in [0.1, 0.15) is 17.2 Å². The van der Waals surface area contributed by atoms with Crippen molar-refractivity contribution < 1.29 is 18.7 Å². The summed E-state index contributed by atoms with van der Waals surface area (Å²) in [5, 5.41) is 2.87. The molecule has 3 heterocycles. The number of aromatic nitrogens is 2. The van der Waals surface area contributed by atoms with Crippen LogP contribution in [0.3, 0.4) is 0 Å². The monoisotopic (exact) mass is 403 g/mol. The van der Waals surface area contributed by atoms with Crippen molar-refractivity contribution in [3.8, 4) is 22.6 Å². The molecule has 2 aromatic carbocycles. The number of carbonyl (C=O) groups excluding carboxylic acids is 1. The van der Waals surface area contributed by atoms with Crippen LogP contribution >= 0.6 is 0 Å². The van der Waals surface area contributed by atoms with Crippen molar-refractivity contribution >= 4 is 11.6 Å². The van der Waals surface area contributed by atoms with Crippen LogP contribution in [0.1, 0.15) is 21.6 Å². The van der Waals surface area contributed by atoms with E-state index in [0.29, 0.717) is 34.9 Å². The number of amides is 1. The molecular formula is C23H18FN3O3. The van der Waals surface area contributed by atoms with Crippen LogP contribution in [0.5, 0.6) is 11.5 Å². The van der Waals surface area contributed by atoms with Gasteiger partial charge in [0.05, 0.1) is 0 Å². The molecule has 2 aromatic heterocycles. The van der Waals surface area contributed by atoms with Crippen molar-refractivity contribution in [3.63, 3.8) is 0 Å². The van der Waals surface area contributed by atoms with Crippen LogP contribution in [0.15, 0.2) is 60.9 Å². The van der Waals surface area contributed by atoms with Gasteiger partial charge in [0.15, 0.2) is 11.5 Å². The predicted octanol–water partition coefficient (Wildman–Crippen LogP) is 4.11. The minimum atomic E-state index is -0.268. The first-order valence-electron chi connectivity index (χ1n) is 9.49. The Balaban J connectivity index is 1.34. The third-order valence-corrected chi connectivity index (χ3v) is 5.07. The molecule has 6 nitrogen and oxygen atoms in total. The number of nitrogens with zero attached hydrogens (tertiary/aromatic N) is 2. The second-order valence-corrected chi connectivity index (χ2v) is 7.14. The molecule has 4 aromatic rings. The quantitative estimate of drug-likeness (QED) is 0.557. The molecule has 0 fully saturated rings. The van der Waals surface area contributed by atoms with E-state index in [-0.39, 0.29) is 18.5 Å². The number of benzene rings is 2. The Labute approximate surface area is 171 Å². The summed E-state index contributed by atoms with van der Waals surface area (Å²) in [5.41, 5.74) is 4.29. The Morgan fingerprint density at radius 3 is 2.77 bits per heavy atom. The molecule has 0 atom stereocenters. The van der Waals surface area contributed by atoms with Gasteiger partial charge in [-0.05, 0) is 65.6 Å². The molecule has 1 amide bonds. The molecule has 0 saturated carbocycles. The third kappa shape index (κ3) is 3.34. The van der Waals surface area contributed by atoms with Crippen molar-refractivity contribution in [3.05, 3.63) is 83.6 Å². The van der Waals surface area contributed by atoms with E-state index in [0.717, 1.165) is 16.7 Å². The fourth-order valence-electron chi connectivity index (χ4n) is 3.42. The lowest BCUT2D eigenvalue weighted by Crippen LogP contribution is -2.23. The van der Waals surface area contributed by atoms with Gasteiger partial charge in [-0.1, -0.05) is 12.1 Å². The lowest BCUT2D eigenvalue weighted by atomic mass is 10.1. The molecule has 1 N–H and O–H groups in total. The molecule has 0 saturated heterocycles. The summed E-state index contributed by atoms with van der Waals surface area (Å²) in [5.74, 6) is 0.884. The normalized spacial score (nSPS) is 12.3. The van der Waals surface area contributed by atoms with Gasteiger partial charge in [0, 0.05) is 18.9 Å². The first kappa shape index (κ1) is 18.2. The lowest BCUT2D eigenvalue weighted by molar-refractivity contribution is 0.0946. The van der Waals surface area contributed by atoms with Crippen molar-refractivity contribution in [2.45, 2.75) is 13.5 Å². The minimum absolute atomic E-state index is 0.214. The van der Waals surface area contributed by atoms with E-state index >= 15 is 0 Å². The number of halogens is 1. The highest BCUT2D eigenvalue weighted by Crippen LogP contribution is 2.32. The summed E-state index contributed by atoms with van der Waals surface area (Å²) in [7, 11) is 0. The average molecular weight is 403 g/mol. The number of pyridine rings is 1. The van der Waals surface area contributed by atoms with Gasteiger partial charge >= 0.3 is 0 Å². The Bertz CT molecular complexity index is 1280. The molecule has 30 heavy (non-hydrogen) atoms. The standard InChI is InChI=1S/C23H18FN3O3/c1-14-8-16(3-5-18(14)24)17-4-7-22-26-19(12-27(22)11-17)23(28)25-10-15-2-6-20-21(9-15)30-13-29-20/h2-9,11-12H,10,13H2,1H3,(H,25,28). The van der Waals surface area contributed by atoms with Crippen LogP contribution in [0.2, 0.25) is 0 Å². The molecule has 0 radical (unpaired) electrons. The Morgan fingerprint density at radius 2 is 1.90 bits per heavy atom. The number of rotatable bonds is 4. The maximum atomic E-state index is 13.5. The summed E-state index contributed by atoms with van der Waals surface area (Å²) in [4.78, 5) is 17.0. The third-order valence-electron chi connectivity index (χ3n) is 5.07. The molecule has 0 unspecified atom stereocenters. The first-order chi connectivity index (χ1) is 14.6. The van der Waals surface area contributed by atoms with Crippen LogP contribution in [-0.2, 0) is 6.54 Å². The van der Waals surface area contributed by atoms with Crippen LogP contribution in [-0.4, -0.2) is 22.1 Å². The van der Waals surface area contributed by atoms with Crippen LogP contribution in [0.25, 0.3) is 16.8 Å². The lowest BCUT2D eigenvalue weighted by Gasteiger charge is -2.05. The zero-order valence-corrected chi connectivity index (χ0v) is 16.2. The molecule has 5 rings (SSSR count). The maximum Gasteiger partial charge on any atom is 0.271 e. The number of aryl methyl sites for hydroxylation is 1. The van der Waals surface area contributed by atoms with E-state index < -0.39 is 0 Å². The van der Waals surface area contributed by atoms with Gasteiger partial charge in [0.25, 0.3) is 5.91 Å². The van der Waals surface area contributed by atoms with E-state index in [1.165, 1.54) is 6.07 Å². The number of hydrogen-bond acceptors (Lipinski definition) is 4. The Morgan fingerprint density at radius 1 is 1.07 bits per heavy atom. The van der Waals surface area contributed by atoms with Gasteiger partial charge in [-0.3, -0.25) is 4.79 Å². The molecule has 0 bridgehead atoms. The number of nitrogens with one attached hydrogen (secondary N) is 1. The fraction of sp³-hybridized carbons (Fsp3) is 0.130. The summed E-state index contributed by atoms with van der Waals surface area (Å²) in [6.07, 6.45) is 3.56. The molecule has 1 aliphatic rings. The summed E-state index contributed by atoms with van der Waals surface area (Å²) in [6, 6.07) is 14.3. The van der Waals surface area contributed by atoms with Gasteiger partial charge < -0.3 is 19.2 Å². The first-order valence-corrected chi connectivity index (χ1v) is 9.49. The Kier molecular flexibility index (Phi) is 4.35. The number of hydrogen-bond donors (Lipinski definition) is 1. The topological polar surface area (TPSA) is 64.9 Å². The number of carbonyl (C=O) groups is 1. The van der Waals surface area contributed by atoms with E-state index in [1.54, 1.807) is 29.7 Å². The summed E-state index contributed by atoms with van der Waals surface area (Å²) < 4.78 is 26.0. The molecular weight excluding hydrogens is 385 g/mol. The fourth-order valence-corrected chi connectivity index (χ4v) is 3.42. The second-order valence-electron chi connectivity index (χ2n) is 7.14. The van der Waals surface area contributed by atoms with Crippen molar-refractivity contribution in [1.29, 1.82) is 0 Å². The predicted molar refractivity (Wildman–Crippen MR) is 109 cm³/mol. The van der Waals surface area contributed by atoms with E-state index in [1.807, 2.05) is 36.5 Å². The van der Waals surface area contributed by atoms with Crippen molar-refractivity contribution in [2.24, 2.45) is 0 Å². The SMILES string of the molecule is Cc1cc(-c2ccc3nc(C(=O)NCc4ccc5c(c4)OCO5)cn3c2)ccc1F. The van der Waals surface area contributed by atoms with Gasteiger partial charge in [0.2, 0.25) is 6.79 Å². The average Bonchev–Trinajstić information content (AvgIpc) is 3.39. The zero-order valence-electron chi connectivity index (χ0n) is 16.2. The number of ether oxygens (including phenoxy) is 2. The van der Waals surface area contributed by atoms with Crippen LogP contribution < -0.4 is 14.8 Å². The smallest absolute Gasteiger partial charge is 0.271 e. The molecule has 1 aliphatic heterocycles. The minimum Gasteiger partial charge on any atom is -0.454 e. The summed E-state index contributed by atoms with van der Waals surface area (Å²) >= 11 is 0. The van der Waals surface area contributed by atoms with Crippen LogP contribution in [0, 0.1) is 12.7 Å². The van der Waals surface area contributed by atoms with Gasteiger partial charge in [-0.2, -0.15) is 0 Å². The Hall–Kier alpha value is -3.87. The zero-order chi connectivity index (χ0) is 20.7. The van der Waals surface area contributed by atoms with E-state index in [4.69, 9.17) is 9.47 Å². The molecule has 0 spiro atoms. The second kappa shape index (κ2) is 7.18. The van der Waals surface area contributed by atoms with E-state index in [9.17, 15) is 9.18 Å². The molecule has 150 valence electrons. The number of imidazole rings is 1. The molecule has 0 aliphatic carbocycles.